The van der Waals surface area contributed by atoms with Crippen molar-refractivity contribution in [2.45, 2.75) is 71.1 Å². The van der Waals surface area contributed by atoms with Crippen LogP contribution in [0.25, 0.3) is 0 Å². The van der Waals surface area contributed by atoms with Crippen molar-refractivity contribution in [3.8, 4) is 5.75 Å². The molecule has 1 rings (SSSR count). The summed E-state index contributed by atoms with van der Waals surface area (Å²) in [5, 5.41) is 8.86. The summed E-state index contributed by atoms with van der Waals surface area (Å²) in [5.74, 6) is -0.261. The van der Waals surface area contributed by atoms with E-state index in [-0.39, 0.29) is 41.9 Å². The van der Waals surface area contributed by atoms with Gasteiger partial charge < -0.3 is 14.4 Å². The van der Waals surface area contributed by atoms with Crippen LogP contribution < -0.4 is 29.6 Å². The average molecular weight is 441 g/mol. The maximum Gasteiger partial charge on any atom is 1.00 e. The Labute approximate surface area is 197 Å². The number of hydrogen-bond acceptors (Lipinski definition) is 7. The van der Waals surface area contributed by atoms with Gasteiger partial charge in [-0.3, -0.25) is 4.18 Å². The van der Waals surface area contributed by atoms with Gasteiger partial charge in [0, 0.05) is 0 Å². The number of phenolic OH excluding ortho intramolecular Hbond substituents is 1. The monoisotopic (exact) mass is 440 g/mol. The molecule has 0 radical (unpaired) electrons. The third-order valence-corrected chi connectivity index (χ3v) is 4.47. The second-order valence-corrected chi connectivity index (χ2v) is 7.50. The minimum Gasteiger partial charge on any atom is -0.726 e. The van der Waals surface area contributed by atoms with E-state index in [4.69, 9.17) is 5.11 Å². The molecule has 1 aromatic carbocycles. The molecule has 1 N–H and O–H groups in total. The molecule has 0 aliphatic heterocycles. The summed E-state index contributed by atoms with van der Waals surface area (Å²) < 4.78 is 38.9. The van der Waals surface area contributed by atoms with Crippen molar-refractivity contribution in [1.29, 1.82) is 0 Å². The Hall–Kier alpha value is -0.640. The number of aromatic hydroxyl groups is 1. The van der Waals surface area contributed by atoms with Gasteiger partial charge in [-0.1, -0.05) is 64.7 Å². The van der Waals surface area contributed by atoms with Gasteiger partial charge in [0.15, 0.2) is 0 Å². The van der Waals surface area contributed by atoms with E-state index < -0.39 is 16.4 Å². The van der Waals surface area contributed by atoms with E-state index in [0.29, 0.717) is 12.0 Å². The minimum atomic E-state index is -4.48. The topological polar surface area (TPSA) is 113 Å². The summed E-state index contributed by atoms with van der Waals surface area (Å²) in [6.07, 6.45) is 11.7. The smallest absolute Gasteiger partial charge is 0.726 e. The molecule has 0 unspecified atom stereocenters. The Morgan fingerprint density at radius 3 is 1.79 bits per heavy atom. The predicted octanol–water partition coefficient (Wildman–Crippen LogP) is 1.57. The van der Waals surface area contributed by atoms with Crippen LogP contribution in [0.4, 0.5) is 0 Å². The second kappa shape index (κ2) is 19.3. The summed E-state index contributed by atoms with van der Waals surface area (Å²) >= 11 is 0. The van der Waals surface area contributed by atoms with Crippen molar-refractivity contribution in [2.24, 2.45) is 0 Å². The van der Waals surface area contributed by atoms with Crippen LogP contribution in [0.1, 0.15) is 81.5 Å². The van der Waals surface area contributed by atoms with Gasteiger partial charge in [0.2, 0.25) is 10.4 Å². The second-order valence-electron chi connectivity index (χ2n) is 6.45. The van der Waals surface area contributed by atoms with Crippen molar-refractivity contribution in [3.63, 3.8) is 0 Å². The number of carbonyl (C=O) groups is 1. The largest absolute Gasteiger partial charge is 1.00 e. The van der Waals surface area contributed by atoms with Crippen LogP contribution in [0.15, 0.2) is 24.3 Å². The third kappa shape index (κ3) is 20.4. The van der Waals surface area contributed by atoms with Crippen LogP contribution in [0.5, 0.6) is 5.75 Å². The van der Waals surface area contributed by atoms with Crippen molar-refractivity contribution in [1.82, 2.24) is 0 Å². The first kappa shape index (κ1) is 30.6. The Kier molecular flexibility index (Phi) is 20.4. The van der Waals surface area contributed by atoms with Crippen molar-refractivity contribution in [2.75, 3.05) is 13.7 Å². The maximum atomic E-state index is 10.8. The van der Waals surface area contributed by atoms with E-state index in [2.05, 4.69) is 15.8 Å². The van der Waals surface area contributed by atoms with E-state index in [1.165, 1.54) is 76.3 Å². The molecule has 0 aliphatic rings. The molecule has 29 heavy (non-hydrogen) atoms. The fraction of sp³-hybridized carbons (Fsp3) is 0.650. The number of esters is 1. The summed E-state index contributed by atoms with van der Waals surface area (Å²) in [6.45, 7) is 2.24. The van der Waals surface area contributed by atoms with E-state index in [1.807, 2.05) is 0 Å². The van der Waals surface area contributed by atoms with Crippen LogP contribution >= 0.6 is 0 Å². The number of rotatable bonds is 13. The number of unbranched alkanes of at least 4 members (excludes halogenated alkanes) is 9. The molecule has 0 spiro atoms. The van der Waals surface area contributed by atoms with E-state index in [1.54, 1.807) is 0 Å². The molecular formula is C20H33NaO7S. The molecule has 0 aromatic heterocycles. The Morgan fingerprint density at radius 1 is 0.931 bits per heavy atom. The zero-order valence-electron chi connectivity index (χ0n) is 17.9. The maximum absolute atomic E-state index is 10.8. The van der Waals surface area contributed by atoms with E-state index in [0.717, 1.165) is 12.8 Å². The summed E-state index contributed by atoms with van der Waals surface area (Å²) in [7, 11) is -3.17. The summed E-state index contributed by atoms with van der Waals surface area (Å²) in [4.78, 5) is 10.8. The Morgan fingerprint density at radius 2 is 1.38 bits per heavy atom. The molecule has 0 heterocycles. The first-order valence-electron chi connectivity index (χ1n) is 9.77. The zero-order chi connectivity index (χ0) is 21.3. The van der Waals surface area contributed by atoms with Crippen molar-refractivity contribution < 1.29 is 61.3 Å². The molecule has 0 bridgehead atoms. The Bertz CT molecular complexity index is 618. The molecule has 1 aromatic rings. The first-order valence-corrected chi connectivity index (χ1v) is 11.1. The standard InChI is InChI=1S/C12H26O4S.C8H8O3.Na/c1-2-3-4-5-6-7-8-9-10-11-12-16-17(13,14)15;1-11-8(10)6-2-4-7(9)5-3-6;/h2-12H2,1H3,(H,13,14,15);2-5,9H,1H3;/q;;+1/p-1. The number of benzene rings is 1. The Balaban J connectivity index is 0. The van der Waals surface area contributed by atoms with Gasteiger partial charge >= 0.3 is 35.5 Å². The number of hydrogen-bond donors (Lipinski definition) is 1. The quantitative estimate of drug-likeness (QED) is 0.163. The van der Waals surface area contributed by atoms with Gasteiger partial charge in [-0.2, -0.15) is 0 Å². The first-order chi connectivity index (χ1) is 13.3. The van der Waals surface area contributed by atoms with Gasteiger partial charge in [0.05, 0.1) is 19.3 Å². The normalized spacial score (nSPS) is 10.4. The van der Waals surface area contributed by atoms with Gasteiger partial charge in [0.1, 0.15) is 5.75 Å². The molecule has 0 fully saturated rings. The average Bonchev–Trinajstić information content (AvgIpc) is 2.66. The fourth-order valence-electron chi connectivity index (χ4n) is 2.47. The van der Waals surface area contributed by atoms with Crippen molar-refractivity contribution in [3.05, 3.63) is 29.8 Å². The molecular weight excluding hydrogens is 407 g/mol. The molecule has 0 atom stereocenters. The van der Waals surface area contributed by atoms with E-state index >= 15 is 0 Å². The molecule has 0 saturated heterocycles. The molecule has 9 heteroatoms. The third-order valence-electron chi connectivity index (χ3n) is 4.01. The van der Waals surface area contributed by atoms with Crippen LogP contribution in [0.2, 0.25) is 0 Å². The number of phenols is 1. The number of ether oxygens (including phenoxy) is 1. The van der Waals surface area contributed by atoms with Crippen molar-refractivity contribution >= 4 is 16.4 Å². The van der Waals surface area contributed by atoms with Gasteiger partial charge in [-0.05, 0) is 30.7 Å². The van der Waals surface area contributed by atoms with Crippen LogP contribution in [-0.4, -0.2) is 37.8 Å². The van der Waals surface area contributed by atoms with Crippen LogP contribution in [-0.2, 0) is 19.3 Å². The SMILES string of the molecule is CCCCCCCCCCCCOS(=O)(=O)[O-].COC(=O)c1ccc(O)cc1.[Na+]. The molecule has 0 amide bonds. The van der Waals surface area contributed by atoms with Gasteiger partial charge in [-0.15, -0.1) is 0 Å². The molecule has 7 nitrogen and oxygen atoms in total. The molecule has 0 saturated carbocycles. The zero-order valence-corrected chi connectivity index (χ0v) is 20.7. The van der Waals surface area contributed by atoms with Crippen LogP contribution in [0, 0.1) is 0 Å². The minimum absolute atomic E-state index is 0. The van der Waals surface area contributed by atoms with E-state index in [9.17, 15) is 17.8 Å². The van der Waals surface area contributed by atoms with Gasteiger partial charge in [0.25, 0.3) is 0 Å². The fourth-order valence-corrected chi connectivity index (χ4v) is 2.79. The van der Waals surface area contributed by atoms with Gasteiger partial charge in [-0.25, -0.2) is 13.2 Å². The molecule has 0 aliphatic carbocycles. The van der Waals surface area contributed by atoms with Crippen LogP contribution in [0.3, 0.4) is 0 Å². The summed E-state index contributed by atoms with van der Waals surface area (Å²) in [6, 6.07) is 5.88. The summed E-state index contributed by atoms with van der Waals surface area (Å²) in [5.41, 5.74) is 0.435. The number of carbonyl (C=O) groups excluding carboxylic acids is 1. The number of methoxy groups -OCH3 is 1. The molecule has 162 valence electrons. The predicted molar refractivity (Wildman–Crippen MR) is 107 cm³/mol.